The third kappa shape index (κ3) is 2.29. The average Bonchev–Trinajstić information content (AvgIpc) is 3.04. The molecule has 20 heavy (non-hydrogen) atoms. The van der Waals surface area contributed by atoms with Gasteiger partial charge in [-0.3, -0.25) is 14.6 Å². The van der Waals surface area contributed by atoms with Gasteiger partial charge in [0.2, 0.25) is 5.91 Å². The Morgan fingerprint density at radius 3 is 3.00 bits per heavy atom. The number of amides is 3. The number of carbonyl (C=O) groups is 2. The van der Waals surface area contributed by atoms with Crippen LogP contribution < -0.4 is 5.32 Å². The molecule has 1 aliphatic heterocycles. The van der Waals surface area contributed by atoms with E-state index in [1.807, 2.05) is 13.1 Å². The molecule has 3 amide bonds. The minimum absolute atomic E-state index is 0.119. The van der Waals surface area contributed by atoms with E-state index in [-0.39, 0.29) is 24.5 Å². The van der Waals surface area contributed by atoms with Crippen molar-refractivity contribution in [1.29, 1.82) is 0 Å². The molecule has 3 rings (SSSR count). The summed E-state index contributed by atoms with van der Waals surface area (Å²) in [4.78, 5) is 27.0. The van der Waals surface area contributed by atoms with Gasteiger partial charge in [0.15, 0.2) is 0 Å². The number of aryl methyl sites for hydroxylation is 1. The summed E-state index contributed by atoms with van der Waals surface area (Å²) in [6.45, 7) is 1.32. The quantitative estimate of drug-likeness (QED) is 0.899. The van der Waals surface area contributed by atoms with E-state index in [1.165, 1.54) is 16.0 Å². The number of carbonyl (C=O) groups excluding carboxylic acids is 2. The molecule has 1 aromatic rings. The molecule has 1 atom stereocenters. The first-order valence-electron chi connectivity index (χ1n) is 7.03. The monoisotopic (exact) mass is 273 g/mol. The molecular weight excluding hydrogens is 254 g/mol. The van der Waals surface area contributed by atoms with E-state index in [2.05, 4.69) is 28.4 Å². The first kappa shape index (κ1) is 13.1. The van der Waals surface area contributed by atoms with Gasteiger partial charge in [0.05, 0.1) is 6.54 Å². The standard InChI is InChI=1S/C15H19N3O2/c1-17(10-14(19)18-9-8-16-15(18)20)13-7-6-11-4-2-3-5-12(11)13/h2-5,13H,6-10H2,1H3,(H,16,20). The number of nitrogens with one attached hydrogen (secondary N) is 1. The fourth-order valence-electron chi connectivity index (χ4n) is 3.11. The normalized spacial score (nSPS) is 21.2. The van der Waals surface area contributed by atoms with Gasteiger partial charge in [-0.05, 0) is 31.0 Å². The van der Waals surface area contributed by atoms with Crippen LogP contribution in [0, 0.1) is 0 Å². The Hall–Kier alpha value is -1.88. The van der Waals surface area contributed by atoms with E-state index in [9.17, 15) is 9.59 Å². The Labute approximate surface area is 118 Å². The SMILES string of the molecule is CN(CC(=O)N1CCNC1=O)C1CCc2ccccc21. The van der Waals surface area contributed by atoms with Gasteiger partial charge in [-0.25, -0.2) is 4.79 Å². The highest BCUT2D eigenvalue weighted by molar-refractivity contribution is 5.96. The number of rotatable bonds is 3. The zero-order valence-electron chi connectivity index (χ0n) is 11.6. The van der Waals surface area contributed by atoms with Gasteiger partial charge in [0.1, 0.15) is 0 Å². The lowest BCUT2D eigenvalue weighted by Gasteiger charge is -2.26. The summed E-state index contributed by atoms with van der Waals surface area (Å²) in [5.41, 5.74) is 2.68. The minimum atomic E-state index is -0.268. The largest absolute Gasteiger partial charge is 0.336 e. The van der Waals surface area contributed by atoms with Crippen molar-refractivity contribution in [3.05, 3.63) is 35.4 Å². The first-order valence-corrected chi connectivity index (χ1v) is 7.03. The van der Waals surface area contributed by atoms with Crippen LogP contribution in [-0.2, 0) is 11.2 Å². The third-order valence-electron chi connectivity index (χ3n) is 4.18. The molecule has 0 aromatic heterocycles. The molecule has 1 fully saturated rings. The van der Waals surface area contributed by atoms with Crippen LogP contribution in [0.1, 0.15) is 23.6 Å². The van der Waals surface area contributed by atoms with Crippen molar-refractivity contribution < 1.29 is 9.59 Å². The van der Waals surface area contributed by atoms with E-state index < -0.39 is 0 Å². The number of hydrogen-bond donors (Lipinski definition) is 1. The van der Waals surface area contributed by atoms with Crippen LogP contribution >= 0.6 is 0 Å². The van der Waals surface area contributed by atoms with Crippen molar-refractivity contribution in [1.82, 2.24) is 15.1 Å². The van der Waals surface area contributed by atoms with Crippen LogP contribution in [0.3, 0.4) is 0 Å². The summed E-state index contributed by atoms with van der Waals surface area (Å²) in [7, 11) is 1.96. The summed E-state index contributed by atoms with van der Waals surface area (Å²) in [5.74, 6) is -0.119. The Morgan fingerprint density at radius 1 is 1.45 bits per heavy atom. The van der Waals surface area contributed by atoms with E-state index >= 15 is 0 Å². The van der Waals surface area contributed by atoms with Gasteiger partial charge in [-0.1, -0.05) is 24.3 Å². The highest BCUT2D eigenvalue weighted by Crippen LogP contribution is 2.34. The number of likely N-dealkylation sites (N-methyl/N-ethyl adjacent to an activating group) is 1. The topological polar surface area (TPSA) is 52.7 Å². The van der Waals surface area contributed by atoms with Gasteiger partial charge in [0.25, 0.3) is 0 Å². The molecule has 1 unspecified atom stereocenters. The van der Waals surface area contributed by atoms with Crippen molar-refractivity contribution in [3.8, 4) is 0 Å². The lowest BCUT2D eigenvalue weighted by atomic mass is 10.1. The van der Waals surface area contributed by atoms with Crippen molar-refractivity contribution in [3.63, 3.8) is 0 Å². The summed E-state index contributed by atoms with van der Waals surface area (Å²) < 4.78 is 0. The second-order valence-electron chi connectivity index (χ2n) is 5.45. The van der Waals surface area contributed by atoms with Crippen molar-refractivity contribution in [2.75, 3.05) is 26.7 Å². The molecule has 0 bridgehead atoms. The summed E-state index contributed by atoms with van der Waals surface area (Å²) in [6.07, 6.45) is 2.10. The molecule has 0 spiro atoms. The van der Waals surface area contributed by atoms with Gasteiger partial charge in [-0.2, -0.15) is 0 Å². The maximum atomic E-state index is 12.2. The Balaban J connectivity index is 1.67. The summed E-state index contributed by atoms with van der Waals surface area (Å²) in [5, 5.41) is 2.66. The molecule has 2 aliphatic rings. The van der Waals surface area contributed by atoms with Crippen LogP contribution in [-0.4, -0.2) is 48.4 Å². The first-order chi connectivity index (χ1) is 9.66. The molecule has 0 saturated carbocycles. The third-order valence-corrected chi connectivity index (χ3v) is 4.18. The molecular formula is C15H19N3O2. The molecule has 1 aromatic carbocycles. The Kier molecular flexibility index (Phi) is 3.44. The highest BCUT2D eigenvalue weighted by Gasteiger charge is 2.30. The van der Waals surface area contributed by atoms with Crippen molar-refractivity contribution >= 4 is 11.9 Å². The number of nitrogens with zero attached hydrogens (tertiary/aromatic N) is 2. The number of fused-ring (bicyclic) bond motifs is 1. The zero-order valence-corrected chi connectivity index (χ0v) is 11.6. The second kappa shape index (κ2) is 5.25. The zero-order chi connectivity index (χ0) is 14.1. The molecule has 1 N–H and O–H groups in total. The number of benzene rings is 1. The number of hydrogen-bond acceptors (Lipinski definition) is 3. The van der Waals surface area contributed by atoms with Crippen LogP contribution in [0.5, 0.6) is 0 Å². The van der Waals surface area contributed by atoms with Crippen molar-refractivity contribution in [2.45, 2.75) is 18.9 Å². The van der Waals surface area contributed by atoms with Crippen LogP contribution in [0.25, 0.3) is 0 Å². The predicted octanol–water partition coefficient (Wildman–Crippen LogP) is 1.16. The molecule has 1 aliphatic carbocycles. The molecule has 0 radical (unpaired) electrons. The molecule has 5 heteroatoms. The predicted molar refractivity (Wildman–Crippen MR) is 75.2 cm³/mol. The van der Waals surface area contributed by atoms with Crippen LogP contribution in [0.2, 0.25) is 0 Å². The average molecular weight is 273 g/mol. The summed E-state index contributed by atoms with van der Waals surface area (Å²) >= 11 is 0. The Morgan fingerprint density at radius 2 is 2.25 bits per heavy atom. The van der Waals surface area contributed by atoms with Crippen molar-refractivity contribution in [2.24, 2.45) is 0 Å². The fraction of sp³-hybridized carbons (Fsp3) is 0.467. The molecule has 106 valence electrons. The van der Waals surface area contributed by atoms with Gasteiger partial charge in [-0.15, -0.1) is 0 Å². The number of imide groups is 1. The van der Waals surface area contributed by atoms with E-state index in [1.54, 1.807) is 0 Å². The molecule has 1 saturated heterocycles. The van der Waals surface area contributed by atoms with Gasteiger partial charge < -0.3 is 5.32 Å². The number of urea groups is 1. The molecule has 5 nitrogen and oxygen atoms in total. The van der Waals surface area contributed by atoms with E-state index in [0.29, 0.717) is 13.1 Å². The van der Waals surface area contributed by atoms with Crippen LogP contribution in [0.4, 0.5) is 4.79 Å². The van der Waals surface area contributed by atoms with Crippen LogP contribution in [0.15, 0.2) is 24.3 Å². The fourth-order valence-corrected chi connectivity index (χ4v) is 3.11. The van der Waals surface area contributed by atoms with E-state index in [0.717, 1.165) is 12.8 Å². The lowest BCUT2D eigenvalue weighted by Crippen LogP contribution is -2.41. The van der Waals surface area contributed by atoms with Gasteiger partial charge in [0, 0.05) is 19.1 Å². The van der Waals surface area contributed by atoms with E-state index in [4.69, 9.17) is 0 Å². The Bertz CT molecular complexity index is 544. The summed E-state index contributed by atoms with van der Waals surface area (Å²) in [6, 6.07) is 8.40. The maximum Gasteiger partial charge on any atom is 0.324 e. The lowest BCUT2D eigenvalue weighted by molar-refractivity contribution is -0.129. The molecule has 1 heterocycles. The minimum Gasteiger partial charge on any atom is -0.336 e. The van der Waals surface area contributed by atoms with Gasteiger partial charge >= 0.3 is 6.03 Å². The second-order valence-corrected chi connectivity index (χ2v) is 5.45. The highest BCUT2D eigenvalue weighted by atomic mass is 16.2. The smallest absolute Gasteiger partial charge is 0.324 e. The maximum absolute atomic E-state index is 12.2.